The maximum atomic E-state index is 13.3. The molecule has 1 atom stereocenters. The number of hydrogen-bond acceptors (Lipinski definition) is 5. The Morgan fingerprint density at radius 2 is 1.82 bits per heavy atom. The van der Waals surface area contributed by atoms with E-state index >= 15 is 0 Å². The summed E-state index contributed by atoms with van der Waals surface area (Å²) in [6.45, 7) is 8.18. The van der Waals surface area contributed by atoms with Crippen molar-refractivity contribution in [1.29, 1.82) is 0 Å². The van der Waals surface area contributed by atoms with Crippen molar-refractivity contribution in [3.63, 3.8) is 0 Å². The summed E-state index contributed by atoms with van der Waals surface area (Å²) in [5.74, 6) is -0.347. The highest BCUT2D eigenvalue weighted by Gasteiger charge is 2.46. The first-order valence-corrected chi connectivity index (χ1v) is 11.2. The fourth-order valence-corrected chi connectivity index (χ4v) is 4.43. The van der Waals surface area contributed by atoms with Gasteiger partial charge in [-0.3, -0.25) is 9.59 Å². The van der Waals surface area contributed by atoms with Gasteiger partial charge in [-0.05, 0) is 53.8 Å². The van der Waals surface area contributed by atoms with Crippen LogP contribution in [0.25, 0.3) is 5.76 Å². The molecule has 1 unspecified atom stereocenters. The number of furan rings is 1. The number of Topliss-reactive ketones (excluding diaryl/α,β-unsaturated/α-hetero) is 1. The number of ether oxygens (including phenoxy) is 1. The Kier molecular flexibility index (Phi) is 6.09. The number of carbonyl (C=O) groups is 2. The van der Waals surface area contributed by atoms with Gasteiger partial charge in [-0.2, -0.15) is 0 Å². The summed E-state index contributed by atoms with van der Waals surface area (Å²) in [5, 5.41) is 11.4. The van der Waals surface area contributed by atoms with Crippen molar-refractivity contribution in [3.05, 3.63) is 94.4 Å². The van der Waals surface area contributed by atoms with E-state index < -0.39 is 17.7 Å². The SMILES string of the molecule is COc1ccc(/C(O)=C2\C(=O)C(=O)N(Cc3ccco3)C2c2ccccc2C)cc1C(C)(C)C. The van der Waals surface area contributed by atoms with Crippen molar-refractivity contribution in [1.82, 2.24) is 4.90 Å². The molecule has 0 spiro atoms. The number of nitrogens with zero attached hydrogens (tertiary/aromatic N) is 1. The second-order valence-corrected chi connectivity index (χ2v) is 9.53. The molecule has 0 bridgehead atoms. The highest BCUT2D eigenvalue weighted by molar-refractivity contribution is 6.46. The zero-order valence-corrected chi connectivity index (χ0v) is 20.1. The minimum Gasteiger partial charge on any atom is -0.507 e. The maximum Gasteiger partial charge on any atom is 0.296 e. The second kappa shape index (κ2) is 8.86. The fourth-order valence-electron chi connectivity index (χ4n) is 4.43. The Labute approximate surface area is 199 Å². The summed E-state index contributed by atoms with van der Waals surface area (Å²) in [5.41, 5.74) is 2.84. The van der Waals surface area contributed by atoms with Crippen LogP contribution in [0.4, 0.5) is 0 Å². The number of ketones is 1. The minimum atomic E-state index is -0.744. The van der Waals surface area contributed by atoms with E-state index in [1.165, 1.54) is 11.2 Å². The molecule has 2 aromatic carbocycles. The van der Waals surface area contributed by atoms with Gasteiger partial charge in [0.05, 0.1) is 31.5 Å². The lowest BCUT2D eigenvalue weighted by molar-refractivity contribution is -0.140. The van der Waals surface area contributed by atoms with Crippen LogP contribution in [0.15, 0.2) is 70.9 Å². The number of amides is 1. The number of carbonyl (C=O) groups excluding carboxylic acids is 2. The third kappa shape index (κ3) is 4.12. The third-order valence-electron chi connectivity index (χ3n) is 6.21. The first-order valence-electron chi connectivity index (χ1n) is 11.2. The van der Waals surface area contributed by atoms with E-state index in [0.717, 1.165) is 16.7 Å². The van der Waals surface area contributed by atoms with Gasteiger partial charge in [0.1, 0.15) is 17.3 Å². The van der Waals surface area contributed by atoms with Crippen molar-refractivity contribution in [3.8, 4) is 5.75 Å². The minimum absolute atomic E-state index is 0.0656. The van der Waals surface area contributed by atoms with Crippen molar-refractivity contribution in [2.45, 2.75) is 45.7 Å². The van der Waals surface area contributed by atoms with Gasteiger partial charge < -0.3 is 19.2 Å². The summed E-state index contributed by atoms with van der Waals surface area (Å²) in [4.78, 5) is 27.9. The van der Waals surface area contributed by atoms with Gasteiger partial charge in [-0.25, -0.2) is 0 Å². The standard InChI is InChI=1S/C28H29NO5/c1-17-9-6-7-11-20(17)24-23(26(31)27(32)29(24)16-19-10-8-14-34-19)25(30)18-12-13-22(33-5)21(15-18)28(2,3)4/h6-15,24,30H,16H2,1-5H3/b25-23+. The average Bonchev–Trinajstić information content (AvgIpc) is 3.40. The van der Waals surface area contributed by atoms with Crippen molar-refractivity contribution in [2.75, 3.05) is 7.11 Å². The molecule has 1 saturated heterocycles. The summed E-state index contributed by atoms with van der Waals surface area (Å²) in [7, 11) is 1.60. The number of aliphatic hydroxyl groups excluding tert-OH is 1. The normalized spacial score (nSPS) is 17.9. The van der Waals surface area contributed by atoms with Gasteiger partial charge in [-0.1, -0.05) is 45.0 Å². The highest BCUT2D eigenvalue weighted by Crippen LogP contribution is 2.42. The van der Waals surface area contributed by atoms with Crippen LogP contribution in [0.3, 0.4) is 0 Å². The number of likely N-dealkylation sites (tertiary alicyclic amines) is 1. The molecule has 176 valence electrons. The maximum absolute atomic E-state index is 13.3. The quantitative estimate of drug-likeness (QED) is 0.309. The molecule has 0 radical (unpaired) electrons. The van der Waals surface area contributed by atoms with Crippen LogP contribution in [0.5, 0.6) is 5.75 Å². The topological polar surface area (TPSA) is 80.0 Å². The van der Waals surface area contributed by atoms with Crippen LogP contribution < -0.4 is 4.74 Å². The van der Waals surface area contributed by atoms with E-state index in [0.29, 0.717) is 17.1 Å². The molecule has 1 aromatic heterocycles. The molecule has 1 N–H and O–H groups in total. The predicted molar refractivity (Wildman–Crippen MR) is 129 cm³/mol. The first-order chi connectivity index (χ1) is 16.1. The van der Waals surface area contributed by atoms with Gasteiger partial charge in [-0.15, -0.1) is 0 Å². The fraction of sp³-hybridized carbons (Fsp3) is 0.286. The number of methoxy groups -OCH3 is 1. The largest absolute Gasteiger partial charge is 0.507 e. The molecule has 1 aliphatic heterocycles. The Bertz CT molecular complexity index is 1260. The number of rotatable bonds is 5. The monoisotopic (exact) mass is 459 g/mol. The van der Waals surface area contributed by atoms with Gasteiger partial charge in [0.25, 0.3) is 11.7 Å². The zero-order valence-electron chi connectivity index (χ0n) is 20.1. The molecular weight excluding hydrogens is 430 g/mol. The summed E-state index contributed by atoms with van der Waals surface area (Å²) in [6, 6.07) is 15.6. The van der Waals surface area contributed by atoms with Gasteiger partial charge in [0.15, 0.2) is 0 Å². The lowest BCUT2D eigenvalue weighted by atomic mass is 9.84. The predicted octanol–water partition coefficient (Wildman–Crippen LogP) is 5.52. The Morgan fingerprint density at radius 3 is 2.44 bits per heavy atom. The Balaban J connectivity index is 1.91. The van der Waals surface area contributed by atoms with Crippen molar-refractivity contribution >= 4 is 17.4 Å². The summed E-state index contributed by atoms with van der Waals surface area (Å²) in [6.07, 6.45) is 1.53. The van der Waals surface area contributed by atoms with Crippen LogP contribution in [-0.2, 0) is 21.5 Å². The number of aryl methyl sites for hydroxylation is 1. The van der Waals surface area contributed by atoms with Crippen molar-refractivity contribution < 1.29 is 23.8 Å². The molecule has 1 amide bonds. The van der Waals surface area contributed by atoms with Crippen LogP contribution in [-0.4, -0.2) is 28.8 Å². The van der Waals surface area contributed by atoms with E-state index in [1.54, 1.807) is 31.4 Å². The molecule has 0 aliphatic carbocycles. The molecule has 1 aliphatic rings. The first kappa shape index (κ1) is 23.4. The molecular formula is C28H29NO5. The van der Waals surface area contributed by atoms with Gasteiger partial charge in [0.2, 0.25) is 0 Å². The van der Waals surface area contributed by atoms with E-state index in [2.05, 4.69) is 0 Å². The number of benzene rings is 2. The van der Waals surface area contributed by atoms with Gasteiger partial charge >= 0.3 is 0 Å². The van der Waals surface area contributed by atoms with E-state index in [1.807, 2.05) is 58.0 Å². The van der Waals surface area contributed by atoms with Gasteiger partial charge in [0, 0.05) is 11.1 Å². The van der Waals surface area contributed by atoms with Crippen LogP contribution in [0.2, 0.25) is 0 Å². The van der Waals surface area contributed by atoms with E-state index in [4.69, 9.17) is 9.15 Å². The van der Waals surface area contributed by atoms with Crippen molar-refractivity contribution in [2.24, 2.45) is 0 Å². The summed E-state index contributed by atoms with van der Waals surface area (Å²) < 4.78 is 11.0. The van der Waals surface area contributed by atoms with E-state index in [9.17, 15) is 14.7 Å². The lowest BCUT2D eigenvalue weighted by Crippen LogP contribution is -2.29. The van der Waals surface area contributed by atoms with Crippen LogP contribution in [0.1, 0.15) is 54.8 Å². The molecule has 3 aromatic rings. The summed E-state index contributed by atoms with van der Waals surface area (Å²) >= 11 is 0. The Morgan fingerprint density at radius 1 is 1.09 bits per heavy atom. The van der Waals surface area contributed by atoms with E-state index in [-0.39, 0.29) is 23.3 Å². The average molecular weight is 460 g/mol. The number of hydrogen-bond donors (Lipinski definition) is 1. The molecule has 34 heavy (non-hydrogen) atoms. The second-order valence-electron chi connectivity index (χ2n) is 9.53. The Hall–Kier alpha value is -3.80. The molecule has 6 nitrogen and oxygen atoms in total. The molecule has 0 saturated carbocycles. The molecule has 4 rings (SSSR count). The highest BCUT2D eigenvalue weighted by atomic mass is 16.5. The third-order valence-corrected chi connectivity index (χ3v) is 6.21. The van der Waals surface area contributed by atoms with Crippen LogP contribution >= 0.6 is 0 Å². The van der Waals surface area contributed by atoms with Crippen LogP contribution in [0, 0.1) is 6.92 Å². The molecule has 6 heteroatoms. The number of aliphatic hydroxyl groups is 1. The molecule has 2 heterocycles. The zero-order chi connectivity index (χ0) is 24.6. The smallest absolute Gasteiger partial charge is 0.296 e. The molecule has 1 fully saturated rings. The lowest BCUT2D eigenvalue weighted by Gasteiger charge is -2.26.